The van der Waals surface area contributed by atoms with E-state index in [1.807, 2.05) is 37.3 Å². The van der Waals surface area contributed by atoms with Gasteiger partial charge in [-0.25, -0.2) is 0 Å². The molecule has 144 valence electrons. The van der Waals surface area contributed by atoms with Crippen molar-refractivity contribution in [1.82, 2.24) is 5.32 Å². The first kappa shape index (κ1) is 20.9. The van der Waals surface area contributed by atoms with E-state index in [0.717, 1.165) is 57.8 Å². The second kappa shape index (κ2) is 9.58. The zero-order chi connectivity index (χ0) is 19.4. The van der Waals surface area contributed by atoms with E-state index in [-0.39, 0.29) is 5.91 Å². The number of nitrogens with zero attached hydrogens (tertiary/aromatic N) is 1. The van der Waals surface area contributed by atoms with Gasteiger partial charge in [0.2, 0.25) is 0 Å². The number of amides is 1. The Morgan fingerprint density at radius 1 is 1.26 bits per heavy atom. The molecule has 3 rings (SSSR count). The molecule has 0 atom stereocenters. The van der Waals surface area contributed by atoms with E-state index in [4.69, 9.17) is 4.74 Å². The lowest BCUT2D eigenvalue weighted by atomic mass is 10.1. The van der Waals surface area contributed by atoms with Gasteiger partial charge in [-0.2, -0.15) is 0 Å². The molecule has 0 unspecified atom stereocenters. The molecule has 1 saturated heterocycles. The minimum Gasteiger partial charge on any atom is -0.481 e. The molecule has 2 N–H and O–H groups in total. The van der Waals surface area contributed by atoms with Crippen molar-refractivity contribution in [3.8, 4) is 5.75 Å². The van der Waals surface area contributed by atoms with Crippen molar-refractivity contribution < 1.29 is 9.53 Å². The lowest BCUT2D eigenvalue weighted by Crippen LogP contribution is -2.43. The van der Waals surface area contributed by atoms with Crippen molar-refractivity contribution in [2.45, 2.75) is 6.92 Å². The Hall–Kier alpha value is -0.840. The first-order chi connectivity index (χ1) is 13.0. The highest BCUT2D eigenvalue weighted by molar-refractivity contribution is 14.1. The third-order valence-corrected chi connectivity index (χ3v) is 6.33. The molecule has 1 aliphatic heterocycles. The van der Waals surface area contributed by atoms with Crippen molar-refractivity contribution in [3.05, 3.63) is 50.4 Å². The zero-order valence-electron chi connectivity index (χ0n) is 14.8. The molecule has 0 spiro atoms. The van der Waals surface area contributed by atoms with Crippen molar-refractivity contribution in [2.75, 3.05) is 41.0 Å². The van der Waals surface area contributed by atoms with Crippen molar-refractivity contribution >= 4 is 71.7 Å². The van der Waals surface area contributed by atoms with Gasteiger partial charge < -0.3 is 20.3 Å². The van der Waals surface area contributed by atoms with Crippen LogP contribution in [-0.2, 0) is 0 Å². The summed E-state index contributed by atoms with van der Waals surface area (Å²) in [6.45, 7) is 5.89. The molecule has 0 aromatic heterocycles. The first-order valence-corrected chi connectivity index (χ1v) is 11.7. The Balaban J connectivity index is 1.75. The standard InChI is InChI=1S/C19H20Br2IN3O2/c1-12-16(10-15(20)18(17(12)21)27-11-22)24-19(26)13-2-4-14(5-3-13)25-8-6-23-7-9-25/h2-5,10,23H,6-9,11H2,1H3,(H,24,26). The van der Waals surface area contributed by atoms with Gasteiger partial charge in [0.1, 0.15) is 10.4 Å². The van der Waals surface area contributed by atoms with Crippen LogP contribution in [0.2, 0.25) is 0 Å². The fraction of sp³-hybridized carbons (Fsp3) is 0.316. The second-order valence-electron chi connectivity index (χ2n) is 6.17. The molecule has 27 heavy (non-hydrogen) atoms. The monoisotopic (exact) mass is 607 g/mol. The molecule has 8 heteroatoms. The van der Waals surface area contributed by atoms with Gasteiger partial charge in [-0.3, -0.25) is 4.79 Å². The van der Waals surface area contributed by atoms with E-state index in [0.29, 0.717) is 10.2 Å². The quantitative estimate of drug-likeness (QED) is 0.373. The van der Waals surface area contributed by atoms with Gasteiger partial charge in [0, 0.05) is 43.1 Å². The van der Waals surface area contributed by atoms with Crippen LogP contribution in [0.5, 0.6) is 5.75 Å². The van der Waals surface area contributed by atoms with Gasteiger partial charge in [-0.05, 0) is 97.3 Å². The number of hydrogen-bond donors (Lipinski definition) is 2. The summed E-state index contributed by atoms with van der Waals surface area (Å²) >= 11 is 9.23. The maximum atomic E-state index is 12.7. The third kappa shape index (κ3) is 4.96. The molecule has 1 aliphatic rings. The molecular weight excluding hydrogens is 589 g/mol. The van der Waals surface area contributed by atoms with E-state index in [1.54, 1.807) is 0 Å². The van der Waals surface area contributed by atoms with Crippen LogP contribution in [-0.4, -0.2) is 36.7 Å². The maximum Gasteiger partial charge on any atom is 0.255 e. The summed E-state index contributed by atoms with van der Waals surface area (Å²) < 4.78 is 7.80. The van der Waals surface area contributed by atoms with Crippen LogP contribution in [0.3, 0.4) is 0 Å². The average molecular weight is 609 g/mol. The van der Waals surface area contributed by atoms with E-state index in [9.17, 15) is 4.79 Å². The Morgan fingerprint density at radius 2 is 1.93 bits per heavy atom. The lowest BCUT2D eigenvalue weighted by molar-refractivity contribution is 0.102. The summed E-state index contributed by atoms with van der Waals surface area (Å²) in [5, 5.41) is 6.34. The molecule has 2 aromatic carbocycles. The van der Waals surface area contributed by atoms with Crippen LogP contribution in [0.1, 0.15) is 15.9 Å². The summed E-state index contributed by atoms with van der Waals surface area (Å²) in [4.78, 5) is 15.0. The van der Waals surface area contributed by atoms with Gasteiger partial charge in [0.25, 0.3) is 5.91 Å². The number of rotatable bonds is 5. The normalized spacial score (nSPS) is 14.1. The predicted molar refractivity (Wildman–Crippen MR) is 126 cm³/mol. The zero-order valence-corrected chi connectivity index (χ0v) is 20.1. The Morgan fingerprint density at radius 3 is 2.56 bits per heavy atom. The summed E-state index contributed by atoms with van der Waals surface area (Å²) in [5.41, 5.74) is 3.44. The topological polar surface area (TPSA) is 53.6 Å². The fourth-order valence-electron chi connectivity index (χ4n) is 2.95. The van der Waals surface area contributed by atoms with Gasteiger partial charge >= 0.3 is 0 Å². The number of hydrogen-bond acceptors (Lipinski definition) is 4. The molecule has 1 heterocycles. The molecule has 2 aromatic rings. The lowest BCUT2D eigenvalue weighted by Gasteiger charge is -2.29. The van der Waals surface area contributed by atoms with Crippen molar-refractivity contribution in [2.24, 2.45) is 0 Å². The maximum absolute atomic E-state index is 12.7. The highest BCUT2D eigenvalue weighted by Crippen LogP contribution is 2.40. The van der Waals surface area contributed by atoms with Crippen LogP contribution in [0, 0.1) is 6.92 Å². The number of ether oxygens (including phenoxy) is 1. The highest BCUT2D eigenvalue weighted by atomic mass is 127. The number of carbonyl (C=O) groups excluding carboxylic acids is 1. The number of halogens is 3. The first-order valence-electron chi connectivity index (χ1n) is 8.55. The molecule has 0 radical (unpaired) electrons. The molecule has 0 bridgehead atoms. The number of carbonyl (C=O) groups is 1. The molecular formula is C19H20Br2IN3O2. The smallest absolute Gasteiger partial charge is 0.255 e. The summed E-state index contributed by atoms with van der Waals surface area (Å²) in [7, 11) is 0. The number of benzene rings is 2. The summed E-state index contributed by atoms with van der Waals surface area (Å²) in [5.74, 6) is 0.603. The predicted octanol–water partition coefficient (Wildman–Crippen LogP) is 4.95. The molecule has 0 saturated carbocycles. The number of nitrogens with one attached hydrogen (secondary N) is 2. The van der Waals surface area contributed by atoms with E-state index < -0.39 is 0 Å². The van der Waals surface area contributed by atoms with E-state index in [1.165, 1.54) is 0 Å². The van der Waals surface area contributed by atoms with Crippen LogP contribution in [0.15, 0.2) is 39.3 Å². The summed E-state index contributed by atoms with van der Waals surface area (Å²) in [6.07, 6.45) is 0. The van der Waals surface area contributed by atoms with Crippen molar-refractivity contribution in [1.29, 1.82) is 0 Å². The average Bonchev–Trinajstić information content (AvgIpc) is 2.70. The number of anilines is 2. The van der Waals surface area contributed by atoms with Crippen LogP contribution < -0.4 is 20.3 Å². The Labute approximate surface area is 189 Å². The van der Waals surface area contributed by atoms with Crippen LogP contribution >= 0.6 is 54.5 Å². The van der Waals surface area contributed by atoms with Gasteiger partial charge in [0.15, 0.2) is 0 Å². The highest BCUT2D eigenvalue weighted by Gasteiger charge is 2.16. The Bertz CT molecular complexity index is 825. The largest absolute Gasteiger partial charge is 0.481 e. The van der Waals surface area contributed by atoms with E-state index in [2.05, 4.69) is 70.0 Å². The van der Waals surface area contributed by atoms with E-state index >= 15 is 0 Å². The molecule has 0 aliphatic carbocycles. The summed E-state index contributed by atoms with van der Waals surface area (Å²) in [6, 6.07) is 9.64. The molecule has 1 fully saturated rings. The SMILES string of the molecule is Cc1c(NC(=O)c2ccc(N3CCNCC3)cc2)cc(Br)c(OCI)c1Br. The fourth-order valence-corrected chi connectivity index (χ4v) is 4.61. The molecule has 1 amide bonds. The van der Waals surface area contributed by atoms with Crippen LogP contribution in [0.25, 0.3) is 0 Å². The van der Waals surface area contributed by atoms with Gasteiger partial charge in [-0.1, -0.05) is 0 Å². The Kier molecular flexibility index (Phi) is 7.41. The van der Waals surface area contributed by atoms with Gasteiger partial charge in [0.05, 0.1) is 8.95 Å². The number of alkyl halides is 1. The minimum atomic E-state index is -0.133. The van der Waals surface area contributed by atoms with Gasteiger partial charge in [-0.15, -0.1) is 0 Å². The van der Waals surface area contributed by atoms with Crippen molar-refractivity contribution in [3.63, 3.8) is 0 Å². The number of piperazine rings is 1. The minimum absolute atomic E-state index is 0.133. The van der Waals surface area contributed by atoms with Crippen LogP contribution in [0.4, 0.5) is 11.4 Å². The second-order valence-corrected chi connectivity index (χ2v) is 8.44. The third-order valence-electron chi connectivity index (χ3n) is 4.48. The molecule has 5 nitrogen and oxygen atoms in total.